The zero-order valence-electron chi connectivity index (χ0n) is 10.4. The van der Waals surface area contributed by atoms with Gasteiger partial charge >= 0.3 is 0 Å². The van der Waals surface area contributed by atoms with Crippen LogP contribution in [0, 0.1) is 0 Å². The highest BCUT2D eigenvalue weighted by Gasteiger charge is 2.30. The Morgan fingerprint density at radius 3 is 2.94 bits per heavy atom. The van der Waals surface area contributed by atoms with Crippen LogP contribution >= 0.6 is 0 Å². The number of benzene rings is 1. The molecule has 1 heterocycles. The molecule has 1 aliphatic rings. The Kier molecular flexibility index (Phi) is 4.27. The molecule has 1 aliphatic heterocycles. The third-order valence-electron chi connectivity index (χ3n) is 3.34. The molecule has 0 radical (unpaired) electrons. The highest BCUT2D eigenvalue weighted by molar-refractivity contribution is 5.28. The van der Waals surface area contributed by atoms with Gasteiger partial charge in [-0.2, -0.15) is 0 Å². The summed E-state index contributed by atoms with van der Waals surface area (Å²) in [5, 5.41) is 0. The molecule has 1 saturated heterocycles. The predicted octanol–water partition coefficient (Wildman–Crippen LogP) is 1.95. The molecule has 2 unspecified atom stereocenters. The highest BCUT2D eigenvalue weighted by atomic mass is 19.3. The van der Waals surface area contributed by atoms with Crippen LogP contribution in [0.3, 0.4) is 0 Å². The summed E-state index contributed by atoms with van der Waals surface area (Å²) in [6.45, 7) is 1.79. The van der Waals surface area contributed by atoms with Gasteiger partial charge in [0.25, 0.3) is 6.43 Å². The van der Waals surface area contributed by atoms with Crippen LogP contribution in [0.15, 0.2) is 24.3 Å². The number of rotatable bonds is 3. The minimum absolute atomic E-state index is 0.0437. The van der Waals surface area contributed by atoms with Crippen molar-refractivity contribution in [1.82, 2.24) is 4.90 Å². The van der Waals surface area contributed by atoms with Gasteiger partial charge in [-0.15, -0.1) is 0 Å². The van der Waals surface area contributed by atoms with Crippen molar-refractivity contribution >= 4 is 0 Å². The first-order valence-electron chi connectivity index (χ1n) is 6.03. The lowest BCUT2D eigenvalue weighted by atomic mass is 9.97. The normalized spacial score (nSPS) is 25.6. The van der Waals surface area contributed by atoms with Gasteiger partial charge in [-0.3, -0.25) is 4.90 Å². The van der Waals surface area contributed by atoms with Crippen LogP contribution in [0.25, 0.3) is 0 Å². The Hall–Kier alpha value is -1.04. The summed E-state index contributed by atoms with van der Waals surface area (Å²) in [6, 6.07) is 6.44. The Morgan fingerprint density at radius 1 is 1.50 bits per heavy atom. The summed E-state index contributed by atoms with van der Waals surface area (Å²) in [4.78, 5) is 2.10. The SMILES string of the molecule is CN1CCOC(CN)C1c1cccc(C(F)F)c1. The van der Waals surface area contributed by atoms with Crippen LogP contribution < -0.4 is 5.73 Å². The van der Waals surface area contributed by atoms with Crippen LogP contribution in [-0.4, -0.2) is 37.7 Å². The molecule has 1 aromatic rings. The fourth-order valence-electron chi connectivity index (χ4n) is 2.41. The number of hydrogen-bond donors (Lipinski definition) is 1. The third kappa shape index (κ3) is 2.68. The van der Waals surface area contributed by atoms with Gasteiger partial charge in [-0.1, -0.05) is 18.2 Å². The molecule has 2 rings (SSSR count). The van der Waals surface area contributed by atoms with E-state index in [2.05, 4.69) is 4.90 Å². The smallest absolute Gasteiger partial charge is 0.263 e. The first-order valence-corrected chi connectivity index (χ1v) is 6.03. The lowest BCUT2D eigenvalue weighted by Gasteiger charge is -2.39. The average Bonchev–Trinajstić information content (AvgIpc) is 2.38. The predicted molar refractivity (Wildman–Crippen MR) is 65.6 cm³/mol. The van der Waals surface area contributed by atoms with Crippen molar-refractivity contribution in [3.63, 3.8) is 0 Å². The van der Waals surface area contributed by atoms with Crippen molar-refractivity contribution in [2.24, 2.45) is 5.73 Å². The van der Waals surface area contributed by atoms with Crippen molar-refractivity contribution in [3.8, 4) is 0 Å². The molecule has 0 saturated carbocycles. The second-order valence-electron chi connectivity index (χ2n) is 4.54. The van der Waals surface area contributed by atoms with E-state index >= 15 is 0 Å². The maximum absolute atomic E-state index is 12.7. The monoisotopic (exact) mass is 256 g/mol. The maximum atomic E-state index is 12.7. The maximum Gasteiger partial charge on any atom is 0.263 e. The van der Waals surface area contributed by atoms with E-state index in [9.17, 15) is 8.78 Å². The van der Waals surface area contributed by atoms with Crippen molar-refractivity contribution in [2.45, 2.75) is 18.6 Å². The minimum Gasteiger partial charge on any atom is -0.374 e. The van der Waals surface area contributed by atoms with Gasteiger partial charge < -0.3 is 10.5 Å². The Morgan fingerprint density at radius 2 is 2.28 bits per heavy atom. The summed E-state index contributed by atoms with van der Waals surface area (Å²) in [5.41, 5.74) is 6.57. The van der Waals surface area contributed by atoms with Crippen molar-refractivity contribution in [2.75, 3.05) is 26.7 Å². The largest absolute Gasteiger partial charge is 0.374 e. The van der Waals surface area contributed by atoms with Crippen LogP contribution in [-0.2, 0) is 4.74 Å². The van der Waals surface area contributed by atoms with Crippen LogP contribution in [0.1, 0.15) is 23.6 Å². The molecule has 1 fully saturated rings. The van der Waals surface area contributed by atoms with E-state index in [0.717, 1.165) is 12.1 Å². The molecule has 0 bridgehead atoms. The van der Waals surface area contributed by atoms with Crippen molar-refractivity contribution in [1.29, 1.82) is 0 Å². The van der Waals surface area contributed by atoms with Gasteiger partial charge in [0.15, 0.2) is 0 Å². The van der Waals surface area contributed by atoms with Gasteiger partial charge in [-0.05, 0) is 18.7 Å². The number of nitrogens with two attached hydrogens (primary N) is 1. The lowest BCUT2D eigenvalue weighted by molar-refractivity contribution is -0.0577. The molecular weight excluding hydrogens is 238 g/mol. The number of morpholine rings is 1. The van der Waals surface area contributed by atoms with Gasteiger partial charge in [-0.25, -0.2) is 8.78 Å². The standard InChI is InChI=1S/C13H18F2N2O/c1-17-5-6-18-11(8-16)12(17)9-3-2-4-10(7-9)13(14)15/h2-4,7,11-13H,5-6,8,16H2,1H3. The summed E-state index contributed by atoms with van der Waals surface area (Å²) in [7, 11) is 1.96. The first-order chi connectivity index (χ1) is 8.63. The van der Waals surface area contributed by atoms with Gasteiger partial charge in [0.2, 0.25) is 0 Å². The minimum atomic E-state index is -2.45. The Balaban J connectivity index is 2.29. The summed E-state index contributed by atoms with van der Waals surface area (Å²) >= 11 is 0. The average molecular weight is 256 g/mol. The molecule has 0 aromatic heterocycles. The Bertz CT molecular complexity index is 400. The number of halogens is 2. The van der Waals surface area contributed by atoms with Gasteiger partial charge in [0.05, 0.1) is 18.8 Å². The molecule has 2 N–H and O–H groups in total. The van der Waals surface area contributed by atoms with Gasteiger partial charge in [0, 0.05) is 18.7 Å². The van der Waals surface area contributed by atoms with E-state index < -0.39 is 6.43 Å². The third-order valence-corrected chi connectivity index (χ3v) is 3.34. The molecular formula is C13H18F2N2O. The molecule has 0 aliphatic carbocycles. The number of nitrogens with zero attached hydrogens (tertiary/aromatic N) is 1. The number of alkyl halides is 2. The van der Waals surface area contributed by atoms with E-state index in [1.165, 1.54) is 6.07 Å². The molecule has 18 heavy (non-hydrogen) atoms. The van der Waals surface area contributed by atoms with Crippen molar-refractivity contribution < 1.29 is 13.5 Å². The number of ether oxygens (including phenoxy) is 1. The van der Waals surface area contributed by atoms with E-state index in [1.807, 2.05) is 13.1 Å². The molecule has 0 spiro atoms. The topological polar surface area (TPSA) is 38.5 Å². The van der Waals surface area contributed by atoms with Gasteiger partial charge in [0.1, 0.15) is 0 Å². The van der Waals surface area contributed by atoms with Crippen molar-refractivity contribution in [3.05, 3.63) is 35.4 Å². The van der Waals surface area contributed by atoms with E-state index in [-0.39, 0.29) is 17.7 Å². The lowest BCUT2D eigenvalue weighted by Crippen LogP contribution is -2.46. The summed E-state index contributed by atoms with van der Waals surface area (Å²) in [6.07, 6.45) is -2.59. The highest BCUT2D eigenvalue weighted by Crippen LogP contribution is 2.30. The van der Waals surface area contributed by atoms with Crippen LogP contribution in [0.4, 0.5) is 8.78 Å². The second-order valence-corrected chi connectivity index (χ2v) is 4.54. The summed E-state index contributed by atoms with van der Waals surface area (Å²) in [5.74, 6) is 0. The number of hydrogen-bond acceptors (Lipinski definition) is 3. The molecule has 5 heteroatoms. The summed E-state index contributed by atoms with van der Waals surface area (Å²) < 4.78 is 31.1. The van der Waals surface area contributed by atoms with E-state index in [1.54, 1.807) is 12.1 Å². The van der Waals surface area contributed by atoms with E-state index in [4.69, 9.17) is 10.5 Å². The first kappa shape index (κ1) is 13.4. The van der Waals surface area contributed by atoms with E-state index in [0.29, 0.717) is 13.2 Å². The van der Waals surface area contributed by atoms with Crippen LogP contribution in [0.2, 0.25) is 0 Å². The second kappa shape index (κ2) is 5.73. The Labute approximate surface area is 106 Å². The van der Waals surface area contributed by atoms with Crippen LogP contribution in [0.5, 0.6) is 0 Å². The zero-order valence-corrected chi connectivity index (χ0v) is 10.4. The quantitative estimate of drug-likeness (QED) is 0.898. The molecule has 100 valence electrons. The fourth-order valence-corrected chi connectivity index (χ4v) is 2.41. The fraction of sp³-hybridized carbons (Fsp3) is 0.538. The number of likely N-dealkylation sites (N-methyl/N-ethyl adjacent to an activating group) is 1. The molecule has 3 nitrogen and oxygen atoms in total. The zero-order chi connectivity index (χ0) is 13.1. The molecule has 0 amide bonds. The molecule has 1 aromatic carbocycles. The molecule has 2 atom stereocenters.